The lowest BCUT2D eigenvalue weighted by atomic mass is 10.0. The van der Waals surface area contributed by atoms with Crippen LogP contribution >= 0.6 is 12.6 Å². The molecule has 0 bridgehead atoms. The van der Waals surface area contributed by atoms with Gasteiger partial charge in [0.2, 0.25) is 5.91 Å². The summed E-state index contributed by atoms with van der Waals surface area (Å²) in [4.78, 5) is 12.8. The average Bonchev–Trinajstić information content (AvgIpc) is 2.68. The molecule has 1 heterocycles. The van der Waals surface area contributed by atoms with Gasteiger partial charge in [-0.25, -0.2) is 0 Å². The standard InChI is InChI=1S/C13H17NO2S/c1-13(6-7-16-9-13)14-12(15)8-10-2-4-11(17)5-3-10/h2-5,17H,6-9H2,1H3,(H,14,15). The van der Waals surface area contributed by atoms with Crippen LogP contribution in [0.3, 0.4) is 0 Å². The van der Waals surface area contributed by atoms with Gasteiger partial charge in [-0.15, -0.1) is 12.6 Å². The lowest BCUT2D eigenvalue weighted by Gasteiger charge is -2.23. The van der Waals surface area contributed by atoms with Crippen LogP contribution in [-0.2, 0) is 16.0 Å². The Morgan fingerprint density at radius 1 is 1.47 bits per heavy atom. The van der Waals surface area contributed by atoms with Crippen LogP contribution in [0.25, 0.3) is 0 Å². The van der Waals surface area contributed by atoms with Gasteiger partial charge in [0.25, 0.3) is 0 Å². The number of ether oxygens (including phenoxy) is 1. The van der Waals surface area contributed by atoms with E-state index >= 15 is 0 Å². The Kier molecular flexibility index (Phi) is 3.74. The average molecular weight is 251 g/mol. The molecule has 1 atom stereocenters. The highest BCUT2D eigenvalue weighted by molar-refractivity contribution is 7.80. The summed E-state index contributed by atoms with van der Waals surface area (Å²) in [5, 5.41) is 3.04. The first kappa shape index (κ1) is 12.5. The van der Waals surface area contributed by atoms with Crippen molar-refractivity contribution in [2.75, 3.05) is 13.2 Å². The second-order valence-corrected chi connectivity index (χ2v) is 5.27. The van der Waals surface area contributed by atoms with E-state index in [1.54, 1.807) is 0 Å². The van der Waals surface area contributed by atoms with Gasteiger partial charge >= 0.3 is 0 Å². The van der Waals surface area contributed by atoms with Crippen molar-refractivity contribution in [2.45, 2.75) is 30.2 Å². The van der Waals surface area contributed by atoms with Crippen molar-refractivity contribution in [2.24, 2.45) is 0 Å². The van der Waals surface area contributed by atoms with E-state index < -0.39 is 0 Å². The summed E-state index contributed by atoms with van der Waals surface area (Å²) in [6.45, 7) is 3.36. The Morgan fingerprint density at radius 3 is 2.76 bits per heavy atom. The van der Waals surface area contributed by atoms with Crippen LogP contribution in [0.5, 0.6) is 0 Å². The Balaban J connectivity index is 1.91. The number of amides is 1. The number of nitrogens with one attached hydrogen (secondary N) is 1. The van der Waals surface area contributed by atoms with Gasteiger partial charge in [0, 0.05) is 11.5 Å². The number of benzene rings is 1. The zero-order chi connectivity index (χ0) is 12.3. The largest absolute Gasteiger partial charge is 0.379 e. The maximum absolute atomic E-state index is 11.9. The summed E-state index contributed by atoms with van der Waals surface area (Å²) in [6, 6.07) is 7.64. The molecule has 1 amide bonds. The van der Waals surface area contributed by atoms with E-state index in [9.17, 15) is 4.79 Å². The van der Waals surface area contributed by atoms with E-state index in [1.165, 1.54) is 0 Å². The second-order valence-electron chi connectivity index (χ2n) is 4.75. The molecule has 3 nitrogen and oxygen atoms in total. The van der Waals surface area contributed by atoms with Crippen molar-refractivity contribution in [1.29, 1.82) is 0 Å². The van der Waals surface area contributed by atoms with Crippen molar-refractivity contribution >= 4 is 18.5 Å². The molecule has 0 saturated carbocycles. The summed E-state index contributed by atoms with van der Waals surface area (Å²) in [7, 11) is 0. The third-order valence-corrected chi connectivity index (χ3v) is 3.26. The maximum Gasteiger partial charge on any atom is 0.224 e. The van der Waals surface area contributed by atoms with Crippen LogP contribution in [0.2, 0.25) is 0 Å². The van der Waals surface area contributed by atoms with Gasteiger partial charge < -0.3 is 10.1 Å². The van der Waals surface area contributed by atoms with Crippen LogP contribution < -0.4 is 5.32 Å². The number of carbonyl (C=O) groups is 1. The topological polar surface area (TPSA) is 38.3 Å². The normalized spacial score (nSPS) is 23.6. The van der Waals surface area contributed by atoms with Gasteiger partial charge in [-0.05, 0) is 31.0 Å². The summed E-state index contributed by atoms with van der Waals surface area (Å²) >= 11 is 4.21. The predicted octanol–water partition coefficient (Wildman–Crippen LogP) is 1.81. The van der Waals surface area contributed by atoms with Crippen molar-refractivity contribution in [3.05, 3.63) is 29.8 Å². The van der Waals surface area contributed by atoms with Crippen molar-refractivity contribution in [3.63, 3.8) is 0 Å². The maximum atomic E-state index is 11.9. The first-order valence-electron chi connectivity index (χ1n) is 5.74. The zero-order valence-corrected chi connectivity index (χ0v) is 10.8. The predicted molar refractivity (Wildman–Crippen MR) is 69.4 cm³/mol. The second kappa shape index (κ2) is 5.10. The third kappa shape index (κ3) is 3.48. The number of hydrogen-bond donors (Lipinski definition) is 2. The molecule has 1 aliphatic rings. The molecule has 2 rings (SSSR count). The monoisotopic (exact) mass is 251 g/mol. The molecule has 1 aliphatic heterocycles. The van der Waals surface area contributed by atoms with Gasteiger partial charge in [-0.1, -0.05) is 12.1 Å². The highest BCUT2D eigenvalue weighted by Crippen LogP contribution is 2.17. The molecule has 0 aromatic heterocycles. The van der Waals surface area contributed by atoms with Gasteiger partial charge in [-0.2, -0.15) is 0 Å². The fraction of sp³-hybridized carbons (Fsp3) is 0.462. The van der Waals surface area contributed by atoms with E-state index in [0.717, 1.165) is 23.5 Å². The minimum Gasteiger partial charge on any atom is -0.379 e. The summed E-state index contributed by atoms with van der Waals surface area (Å²) in [5.74, 6) is 0.0462. The molecule has 1 N–H and O–H groups in total. The lowest BCUT2D eigenvalue weighted by molar-refractivity contribution is -0.122. The molecule has 92 valence electrons. The van der Waals surface area contributed by atoms with Crippen LogP contribution in [0, 0.1) is 0 Å². The van der Waals surface area contributed by atoms with E-state index in [2.05, 4.69) is 17.9 Å². The number of thiol groups is 1. The molecule has 1 aromatic carbocycles. The van der Waals surface area contributed by atoms with Crippen molar-refractivity contribution in [1.82, 2.24) is 5.32 Å². The molecule has 17 heavy (non-hydrogen) atoms. The van der Waals surface area contributed by atoms with Crippen LogP contribution in [0.4, 0.5) is 0 Å². The molecule has 0 radical (unpaired) electrons. The van der Waals surface area contributed by atoms with Crippen LogP contribution in [0.15, 0.2) is 29.2 Å². The molecular weight excluding hydrogens is 234 g/mol. The van der Waals surface area contributed by atoms with E-state index in [4.69, 9.17) is 4.74 Å². The minimum absolute atomic E-state index is 0.0462. The molecule has 1 aromatic rings. The molecule has 1 fully saturated rings. The van der Waals surface area contributed by atoms with E-state index in [0.29, 0.717) is 13.0 Å². The van der Waals surface area contributed by atoms with Gasteiger partial charge in [0.05, 0.1) is 18.6 Å². The number of rotatable bonds is 3. The molecule has 1 unspecified atom stereocenters. The first-order valence-corrected chi connectivity index (χ1v) is 6.19. The van der Waals surface area contributed by atoms with Gasteiger partial charge in [0.1, 0.15) is 0 Å². The summed E-state index contributed by atoms with van der Waals surface area (Å²) in [6.07, 6.45) is 1.29. The molecule has 0 aliphatic carbocycles. The highest BCUT2D eigenvalue weighted by Gasteiger charge is 2.30. The number of hydrogen-bond acceptors (Lipinski definition) is 3. The highest BCUT2D eigenvalue weighted by atomic mass is 32.1. The molecule has 1 saturated heterocycles. The van der Waals surface area contributed by atoms with Crippen LogP contribution in [0.1, 0.15) is 18.9 Å². The van der Waals surface area contributed by atoms with E-state index in [1.807, 2.05) is 31.2 Å². The third-order valence-electron chi connectivity index (χ3n) is 2.96. The SMILES string of the molecule is CC1(NC(=O)Cc2ccc(S)cc2)CCOC1. The fourth-order valence-corrected chi connectivity index (χ4v) is 2.09. The number of carbonyl (C=O) groups excluding carboxylic acids is 1. The van der Waals surface area contributed by atoms with Crippen molar-refractivity contribution < 1.29 is 9.53 Å². The Hall–Kier alpha value is -1.00. The minimum atomic E-state index is -0.194. The summed E-state index contributed by atoms with van der Waals surface area (Å²) < 4.78 is 5.30. The van der Waals surface area contributed by atoms with Crippen molar-refractivity contribution in [3.8, 4) is 0 Å². The lowest BCUT2D eigenvalue weighted by Crippen LogP contribution is -2.47. The Morgan fingerprint density at radius 2 is 2.18 bits per heavy atom. The van der Waals surface area contributed by atoms with Gasteiger partial charge in [-0.3, -0.25) is 4.79 Å². The molecule has 4 heteroatoms. The quantitative estimate of drug-likeness (QED) is 0.804. The fourth-order valence-electron chi connectivity index (χ4n) is 1.95. The zero-order valence-electron chi connectivity index (χ0n) is 9.90. The van der Waals surface area contributed by atoms with Crippen LogP contribution in [-0.4, -0.2) is 24.7 Å². The molecular formula is C13H17NO2S. The molecule has 0 spiro atoms. The Bertz CT molecular complexity index is 396. The Labute approximate surface area is 107 Å². The summed E-state index contributed by atoms with van der Waals surface area (Å²) in [5.41, 5.74) is 0.809. The first-order chi connectivity index (χ1) is 8.07. The smallest absolute Gasteiger partial charge is 0.224 e. The van der Waals surface area contributed by atoms with E-state index in [-0.39, 0.29) is 11.4 Å². The van der Waals surface area contributed by atoms with Gasteiger partial charge in [0.15, 0.2) is 0 Å².